The van der Waals surface area contributed by atoms with E-state index in [0.29, 0.717) is 0 Å². The maximum Gasteiger partial charge on any atom is 0.407 e. The lowest BCUT2D eigenvalue weighted by atomic mass is 10.2. The Balaban J connectivity index is 2.64. The Hall–Kier alpha value is -0.130. The highest BCUT2D eigenvalue weighted by Crippen LogP contribution is 2.60. The molecule has 1 aliphatic heterocycles. The van der Waals surface area contributed by atoms with E-state index in [1.54, 1.807) is 6.66 Å². The zero-order chi connectivity index (χ0) is 8.48. The third-order valence-electron chi connectivity index (χ3n) is 1.54. The summed E-state index contributed by atoms with van der Waals surface area (Å²) in [5.74, 6) is 2.44. The summed E-state index contributed by atoms with van der Waals surface area (Å²) in [5, 5.41) is 0. The Morgan fingerprint density at radius 3 is 2.64 bits per heavy atom. The summed E-state index contributed by atoms with van der Waals surface area (Å²) in [6.07, 6.45) is 5.43. The van der Waals surface area contributed by atoms with Crippen LogP contribution in [0, 0.1) is 12.3 Å². The second-order valence-electron chi connectivity index (χ2n) is 2.55. The van der Waals surface area contributed by atoms with Gasteiger partial charge in [0.15, 0.2) is 6.10 Å². The van der Waals surface area contributed by atoms with Crippen molar-refractivity contribution in [2.24, 2.45) is 0 Å². The Morgan fingerprint density at radius 1 is 1.64 bits per heavy atom. The minimum Gasteiger partial charge on any atom is -0.193 e. The summed E-state index contributed by atoms with van der Waals surface area (Å²) in [6, 6.07) is 0. The van der Waals surface area contributed by atoms with Crippen LogP contribution in [0.15, 0.2) is 0 Å². The quantitative estimate of drug-likeness (QED) is 0.480. The van der Waals surface area contributed by atoms with Crippen LogP contribution >= 0.6 is 7.94 Å². The molecule has 0 aliphatic carbocycles. The van der Waals surface area contributed by atoms with Crippen molar-refractivity contribution >= 4 is 7.94 Å². The topological polar surface area (TPSA) is 38.7 Å². The first-order valence-electron chi connectivity index (χ1n) is 3.51. The molecule has 0 saturated carbocycles. The molecule has 11 heavy (non-hydrogen) atoms. The molecule has 0 aromatic rings. The maximum absolute atomic E-state index is 9.37. The van der Waals surface area contributed by atoms with E-state index in [2.05, 4.69) is 5.92 Å². The summed E-state index contributed by atoms with van der Waals surface area (Å²) >= 11 is 0. The highest BCUT2D eigenvalue weighted by molar-refractivity contribution is 7.60. The van der Waals surface area contributed by atoms with Crippen LogP contribution in [0.2, 0.25) is 0 Å². The lowest BCUT2D eigenvalue weighted by molar-refractivity contribution is 0.192. The minimum atomic E-state index is -2.58. The van der Waals surface area contributed by atoms with Gasteiger partial charge in [0.25, 0.3) is 0 Å². The van der Waals surface area contributed by atoms with Gasteiger partial charge >= 0.3 is 7.94 Å². The van der Waals surface area contributed by atoms with Crippen LogP contribution in [-0.2, 0) is 9.05 Å². The van der Waals surface area contributed by atoms with Gasteiger partial charge in [-0.05, 0) is 6.42 Å². The third-order valence-corrected chi connectivity index (χ3v) is 2.82. The molecular formula is C7H12O3P+. The van der Waals surface area contributed by atoms with Gasteiger partial charge in [-0.2, -0.15) is 13.9 Å². The molecule has 0 amide bonds. The van der Waals surface area contributed by atoms with Crippen molar-refractivity contribution in [3.63, 3.8) is 0 Å². The van der Waals surface area contributed by atoms with E-state index in [1.807, 2.05) is 6.92 Å². The molecule has 4 heteroatoms. The van der Waals surface area contributed by atoms with E-state index in [9.17, 15) is 4.89 Å². The first-order chi connectivity index (χ1) is 5.09. The molecule has 1 saturated heterocycles. The van der Waals surface area contributed by atoms with Gasteiger partial charge in [-0.3, -0.25) is 0 Å². The molecule has 1 heterocycles. The lowest BCUT2D eigenvalue weighted by Gasteiger charge is -2.01. The highest BCUT2D eigenvalue weighted by Gasteiger charge is 2.51. The van der Waals surface area contributed by atoms with Crippen LogP contribution in [0.5, 0.6) is 0 Å². The fraction of sp³-hybridized carbons (Fsp3) is 0.714. The molecule has 62 valence electrons. The van der Waals surface area contributed by atoms with Crippen LogP contribution in [0.1, 0.15) is 13.3 Å². The summed E-state index contributed by atoms with van der Waals surface area (Å²) in [6.45, 7) is 3.50. The van der Waals surface area contributed by atoms with Gasteiger partial charge in [0.1, 0.15) is 12.8 Å². The predicted molar refractivity (Wildman–Crippen MR) is 43.9 cm³/mol. The van der Waals surface area contributed by atoms with Crippen molar-refractivity contribution in [2.45, 2.75) is 25.6 Å². The molecule has 1 fully saturated rings. The van der Waals surface area contributed by atoms with Crippen LogP contribution in [0.3, 0.4) is 0 Å². The monoisotopic (exact) mass is 175 g/mol. The Morgan fingerprint density at radius 2 is 2.27 bits per heavy atom. The average Bonchev–Trinajstić information content (AvgIpc) is 2.25. The highest BCUT2D eigenvalue weighted by atomic mass is 31.2. The first kappa shape index (κ1) is 8.96. The fourth-order valence-corrected chi connectivity index (χ4v) is 2.47. The molecule has 1 N–H and O–H groups in total. The van der Waals surface area contributed by atoms with Gasteiger partial charge in [0, 0.05) is 0 Å². The molecule has 1 rings (SSSR count). The molecule has 0 aromatic heterocycles. The van der Waals surface area contributed by atoms with Gasteiger partial charge in [-0.1, -0.05) is 12.8 Å². The number of hydrogen-bond acceptors (Lipinski definition) is 3. The second kappa shape index (κ2) is 3.08. The van der Waals surface area contributed by atoms with Crippen molar-refractivity contribution < 1.29 is 13.9 Å². The fourth-order valence-electron chi connectivity index (χ4n) is 1.04. The first-order valence-corrected chi connectivity index (χ1v) is 5.53. The van der Waals surface area contributed by atoms with Gasteiger partial charge in [0.2, 0.25) is 0 Å². The number of rotatable bonds is 1. The SMILES string of the molecule is C#CC1O[P+](C)(O)OC1CC. The Bertz CT molecular complexity index is 185. The van der Waals surface area contributed by atoms with Gasteiger partial charge in [0.05, 0.1) is 0 Å². The van der Waals surface area contributed by atoms with Gasteiger partial charge in [-0.15, -0.1) is 6.42 Å². The van der Waals surface area contributed by atoms with Gasteiger partial charge in [-0.25, -0.2) is 0 Å². The summed E-state index contributed by atoms with van der Waals surface area (Å²) in [5.41, 5.74) is 0. The molecule has 1 aliphatic rings. The smallest absolute Gasteiger partial charge is 0.193 e. The van der Waals surface area contributed by atoms with Crippen molar-refractivity contribution in [1.82, 2.24) is 0 Å². The molecular weight excluding hydrogens is 163 g/mol. The zero-order valence-corrected chi connectivity index (χ0v) is 7.54. The molecule has 0 spiro atoms. The molecule has 0 radical (unpaired) electrons. The predicted octanol–water partition coefficient (Wildman–Crippen LogP) is 1.20. The number of hydrogen-bond donors (Lipinski definition) is 1. The Kier molecular flexibility index (Phi) is 2.51. The summed E-state index contributed by atoms with van der Waals surface area (Å²) in [4.78, 5) is 9.37. The van der Waals surface area contributed by atoms with Crippen molar-refractivity contribution in [2.75, 3.05) is 6.66 Å². The van der Waals surface area contributed by atoms with E-state index in [0.717, 1.165) is 6.42 Å². The third kappa shape index (κ3) is 1.91. The molecule has 0 aromatic carbocycles. The average molecular weight is 175 g/mol. The van der Waals surface area contributed by atoms with E-state index >= 15 is 0 Å². The maximum atomic E-state index is 9.37. The van der Waals surface area contributed by atoms with Crippen LogP contribution in [0.4, 0.5) is 0 Å². The standard InChI is InChI=1S/C7H12O3P/c1-4-6-7(5-2)10-11(3,8)9-6/h1,6-8H,5H2,2-3H3/q+1. The van der Waals surface area contributed by atoms with E-state index in [4.69, 9.17) is 15.5 Å². The largest absolute Gasteiger partial charge is 0.407 e. The Labute approximate surface area is 67.3 Å². The zero-order valence-electron chi connectivity index (χ0n) is 6.65. The summed E-state index contributed by atoms with van der Waals surface area (Å²) < 4.78 is 10.3. The van der Waals surface area contributed by atoms with Crippen LogP contribution < -0.4 is 0 Å². The second-order valence-corrected chi connectivity index (χ2v) is 4.58. The van der Waals surface area contributed by atoms with Crippen LogP contribution in [0.25, 0.3) is 0 Å². The molecule has 3 atom stereocenters. The normalized spacial score (nSPS) is 43.8. The van der Waals surface area contributed by atoms with Gasteiger partial charge < -0.3 is 0 Å². The van der Waals surface area contributed by atoms with Crippen molar-refractivity contribution in [3.8, 4) is 12.3 Å². The molecule has 3 unspecified atom stereocenters. The minimum absolute atomic E-state index is 0.136. The van der Waals surface area contributed by atoms with E-state index in [-0.39, 0.29) is 12.2 Å². The lowest BCUT2D eigenvalue weighted by Crippen LogP contribution is -2.19. The van der Waals surface area contributed by atoms with Crippen molar-refractivity contribution in [3.05, 3.63) is 0 Å². The van der Waals surface area contributed by atoms with Crippen LogP contribution in [-0.4, -0.2) is 23.8 Å². The number of terminal acetylenes is 1. The molecule has 3 nitrogen and oxygen atoms in total. The summed E-state index contributed by atoms with van der Waals surface area (Å²) in [7, 11) is -2.58. The molecule has 0 bridgehead atoms. The van der Waals surface area contributed by atoms with Crippen molar-refractivity contribution in [1.29, 1.82) is 0 Å². The van der Waals surface area contributed by atoms with E-state index < -0.39 is 7.94 Å². The van der Waals surface area contributed by atoms with E-state index in [1.165, 1.54) is 0 Å².